The largest absolute Gasteiger partial charge is 0.506 e. The van der Waals surface area contributed by atoms with Crippen LogP contribution in [0.25, 0.3) is 0 Å². The van der Waals surface area contributed by atoms with Gasteiger partial charge in [-0.1, -0.05) is 29.8 Å². The van der Waals surface area contributed by atoms with Gasteiger partial charge in [-0.25, -0.2) is 4.99 Å². The van der Waals surface area contributed by atoms with Crippen LogP contribution in [-0.4, -0.2) is 71.1 Å². The number of carbonyl (C=O) groups excluding carboxylic acids is 1. The fourth-order valence-corrected chi connectivity index (χ4v) is 6.03. The summed E-state index contributed by atoms with van der Waals surface area (Å²) >= 11 is 6.18. The number of aromatic hydroxyl groups is 1. The van der Waals surface area contributed by atoms with Gasteiger partial charge in [0.2, 0.25) is 0 Å². The standard InChI is InChI=1S/C32H35ClFN5O3/c1-21(18-35-2)31(36-27-8-7-23(17-30(27)40)22-9-11-37(3)12-10-22)25-16-28-32(41)39(14-13-38(28)19-25)29(20-42-34)24-5-4-6-26(33)15-24/h4-8,15-19,22,29,40H,2,9-14,20H2,1,3H3/b21-18-,36-31?. The van der Waals surface area contributed by atoms with Crippen LogP contribution < -0.4 is 0 Å². The number of carbonyl (C=O) groups is 1. The lowest BCUT2D eigenvalue weighted by molar-refractivity contribution is -0.147. The van der Waals surface area contributed by atoms with E-state index in [9.17, 15) is 14.4 Å². The van der Waals surface area contributed by atoms with E-state index < -0.39 is 6.04 Å². The van der Waals surface area contributed by atoms with Crippen molar-refractivity contribution in [2.75, 3.05) is 33.3 Å². The number of phenolic OH excluding ortho intramolecular Hbond substituents is 1. The molecular weight excluding hydrogens is 557 g/mol. The predicted octanol–water partition coefficient (Wildman–Crippen LogP) is 6.48. The molecule has 3 heterocycles. The fraction of sp³-hybridized carbons (Fsp3) is 0.344. The van der Waals surface area contributed by atoms with Crippen molar-refractivity contribution in [2.24, 2.45) is 9.98 Å². The van der Waals surface area contributed by atoms with E-state index in [1.807, 2.05) is 35.9 Å². The summed E-state index contributed by atoms with van der Waals surface area (Å²) < 4.78 is 15.0. The van der Waals surface area contributed by atoms with Gasteiger partial charge in [0.25, 0.3) is 5.91 Å². The first-order chi connectivity index (χ1) is 20.3. The summed E-state index contributed by atoms with van der Waals surface area (Å²) in [6.45, 7) is 8.04. The molecule has 1 aromatic heterocycles. The summed E-state index contributed by atoms with van der Waals surface area (Å²) in [7, 11) is 2.13. The Morgan fingerprint density at radius 3 is 2.67 bits per heavy atom. The van der Waals surface area contributed by atoms with Crippen molar-refractivity contribution in [3.05, 3.63) is 93.9 Å². The maximum Gasteiger partial charge on any atom is 0.271 e. The average molecular weight is 592 g/mol. The van der Waals surface area contributed by atoms with Crippen LogP contribution >= 0.6 is 11.6 Å². The Labute approximate surface area is 250 Å². The molecule has 1 amide bonds. The number of nitrogens with zero attached hydrogens (tertiary/aromatic N) is 5. The molecule has 220 valence electrons. The average Bonchev–Trinajstić information content (AvgIpc) is 3.41. The number of halogens is 2. The SMILES string of the molecule is C=N/C=C(/C)C(=Nc1ccc(C2CCN(C)CC2)cc1O)c1cc2n(c1)CCN(C(COF)c1cccc(Cl)c1)C2=O. The lowest BCUT2D eigenvalue weighted by Gasteiger charge is -2.34. The van der Waals surface area contributed by atoms with E-state index in [0.29, 0.717) is 52.2 Å². The minimum Gasteiger partial charge on any atom is -0.506 e. The van der Waals surface area contributed by atoms with Crippen LogP contribution in [-0.2, 0) is 11.5 Å². The molecule has 0 aliphatic carbocycles. The quantitative estimate of drug-likeness (QED) is 0.289. The maximum atomic E-state index is 13.7. The Hall–Kier alpha value is -3.79. The number of fused-ring (bicyclic) bond motifs is 1. The van der Waals surface area contributed by atoms with Gasteiger partial charge >= 0.3 is 0 Å². The van der Waals surface area contributed by atoms with Crippen molar-refractivity contribution in [2.45, 2.75) is 38.3 Å². The van der Waals surface area contributed by atoms with Crippen LogP contribution in [0.3, 0.4) is 0 Å². The molecule has 0 bridgehead atoms. The number of allylic oxidation sites excluding steroid dienone is 1. The zero-order chi connectivity index (χ0) is 29.8. The number of aromatic nitrogens is 1. The molecule has 3 aromatic rings. The molecular formula is C32H35ClFN5O3. The molecule has 42 heavy (non-hydrogen) atoms. The van der Waals surface area contributed by atoms with E-state index >= 15 is 0 Å². The first kappa shape index (κ1) is 29.7. The maximum absolute atomic E-state index is 13.7. The molecule has 5 rings (SSSR count). The van der Waals surface area contributed by atoms with E-state index in [0.717, 1.165) is 37.1 Å². The summed E-state index contributed by atoms with van der Waals surface area (Å²) in [4.78, 5) is 30.4. The molecule has 1 atom stereocenters. The first-order valence-electron chi connectivity index (χ1n) is 14.0. The number of hydrogen-bond donors (Lipinski definition) is 1. The molecule has 2 aliphatic rings. The van der Waals surface area contributed by atoms with Crippen LogP contribution in [0.1, 0.15) is 58.9 Å². The number of benzene rings is 2. The van der Waals surface area contributed by atoms with Gasteiger partial charge in [-0.05, 0) is 104 Å². The summed E-state index contributed by atoms with van der Waals surface area (Å²) in [5.41, 5.74) is 4.64. The smallest absolute Gasteiger partial charge is 0.271 e. The normalized spacial score (nSPS) is 17.8. The third-order valence-corrected chi connectivity index (χ3v) is 8.38. The van der Waals surface area contributed by atoms with Crippen LogP contribution in [0.5, 0.6) is 5.75 Å². The second-order valence-electron chi connectivity index (χ2n) is 10.9. The molecule has 1 fully saturated rings. The number of phenols is 1. The Kier molecular flexibility index (Phi) is 9.21. The minimum absolute atomic E-state index is 0.102. The van der Waals surface area contributed by atoms with E-state index in [1.165, 1.54) is 0 Å². The molecule has 0 spiro atoms. The summed E-state index contributed by atoms with van der Waals surface area (Å²) in [6, 6.07) is 13.8. The van der Waals surface area contributed by atoms with Gasteiger partial charge in [0, 0.05) is 36.1 Å². The highest BCUT2D eigenvalue weighted by Gasteiger charge is 2.33. The number of likely N-dealkylation sites (tertiary alicyclic amines) is 1. The molecule has 1 saturated heterocycles. The number of rotatable bonds is 9. The molecule has 10 heteroatoms. The highest BCUT2D eigenvalue weighted by Crippen LogP contribution is 2.36. The second kappa shape index (κ2) is 13.0. The third kappa shape index (κ3) is 6.33. The summed E-state index contributed by atoms with van der Waals surface area (Å²) in [5, 5.41) is 11.5. The molecule has 8 nitrogen and oxygen atoms in total. The van der Waals surface area contributed by atoms with E-state index in [4.69, 9.17) is 16.6 Å². The van der Waals surface area contributed by atoms with E-state index in [1.54, 1.807) is 41.4 Å². The molecule has 0 saturated carbocycles. The molecule has 1 N–H and O–H groups in total. The second-order valence-corrected chi connectivity index (χ2v) is 11.4. The van der Waals surface area contributed by atoms with E-state index in [2.05, 4.69) is 28.6 Å². The Balaban J connectivity index is 1.46. The van der Waals surface area contributed by atoms with Gasteiger partial charge in [-0.3, -0.25) is 9.79 Å². The van der Waals surface area contributed by atoms with Crippen LogP contribution in [0.4, 0.5) is 10.2 Å². The molecule has 2 aliphatic heterocycles. The van der Waals surface area contributed by atoms with Crippen molar-refractivity contribution < 1.29 is 19.4 Å². The van der Waals surface area contributed by atoms with Crippen molar-refractivity contribution in [1.29, 1.82) is 0 Å². The Bertz CT molecular complexity index is 1530. The highest BCUT2D eigenvalue weighted by atomic mass is 35.5. The van der Waals surface area contributed by atoms with Gasteiger partial charge in [-0.2, -0.15) is 4.94 Å². The first-order valence-corrected chi connectivity index (χ1v) is 14.4. The molecule has 0 radical (unpaired) electrons. The zero-order valence-corrected chi connectivity index (χ0v) is 24.6. The minimum atomic E-state index is -0.645. The topological polar surface area (TPSA) is 82.7 Å². The van der Waals surface area contributed by atoms with Crippen molar-refractivity contribution in [3.8, 4) is 5.75 Å². The van der Waals surface area contributed by atoms with Gasteiger partial charge in [-0.15, -0.1) is 0 Å². The number of piperidine rings is 1. The lowest BCUT2D eigenvalue weighted by atomic mass is 9.89. The van der Waals surface area contributed by atoms with Crippen LogP contribution in [0.15, 0.2) is 76.5 Å². The van der Waals surface area contributed by atoms with E-state index in [-0.39, 0.29) is 18.3 Å². The number of hydrogen-bond acceptors (Lipinski definition) is 6. The van der Waals surface area contributed by atoms with Gasteiger partial charge in [0.1, 0.15) is 23.7 Å². The van der Waals surface area contributed by atoms with Gasteiger partial charge in [0.15, 0.2) is 0 Å². The monoisotopic (exact) mass is 591 g/mol. The van der Waals surface area contributed by atoms with Gasteiger partial charge in [0.05, 0.1) is 11.8 Å². The Morgan fingerprint density at radius 1 is 1.19 bits per heavy atom. The number of aliphatic imine (C=N–C) groups is 2. The lowest BCUT2D eigenvalue weighted by Crippen LogP contribution is -2.43. The van der Waals surface area contributed by atoms with Crippen LogP contribution in [0.2, 0.25) is 5.02 Å². The summed E-state index contributed by atoms with van der Waals surface area (Å²) in [5.74, 6) is 0.245. The summed E-state index contributed by atoms with van der Waals surface area (Å²) in [6.07, 6.45) is 5.57. The molecule has 2 aromatic carbocycles. The van der Waals surface area contributed by atoms with Gasteiger partial charge < -0.3 is 19.5 Å². The van der Waals surface area contributed by atoms with Crippen LogP contribution in [0, 0.1) is 0 Å². The predicted molar refractivity (Wildman–Crippen MR) is 164 cm³/mol. The highest BCUT2D eigenvalue weighted by molar-refractivity contribution is 6.30. The fourth-order valence-electron chi connectivity index (χ4n) is 5.83. The van der Waals surface area contributed by atoms with Crippen molar-refractivity contribution in [3.63, 3.8) is 0 Å². The van der Waals surface area contributed by atoms with Crippen molar-refractivity contribution >= 4 is 35.6 Å². The number of amides is 1. The van der Waals surface area contributed by atoms with Crippen molar-refractivity contribution in [1.82, 2.24) is 14.4 Å². The Morgan fingerprint density at radius 2 is 1.98 bits per heavy atom. The third-order valence-electron chi connectivity index (χ3n) is 8.14. The molecule has 1 unspecified atom stereocenters. The zero-order valence-electron chi connectivity index (χ0n) is 23.8.